The summed E-state index contributed by atoms with van der Waals surface area (Å²) in [4.78, 5) is 73.6. The molecule has 0 radical (unpaired) electrons. The number of nitroso groups, excluding NO2 is 1. The first kappa shape index (κ1) is 44.0. The zero-order chi connectivity index (χ0) is 36.9. The van der Waals surface area contributed by atoms with Crippen LogP contribution in [0.1, 0.15) is 46.0 Å². The van der Waals surface area contributed by atoms with E-state index in [0.717, 1.165) is 12.6 Å². The molecule has 52 heavy (non-hydrogen) atoms. The summed E-state index contributed by atoms with van der Waals surface area (Å²) in [6.07, 6.45) is 2.01. The van der Waals surface area contributed by atoms with Crippen LogP contribution < -0.4 is 48.8 Å². The van der Waals surface area contributed by atoms with E-state index in [1.165, 1.54) is 15.9 Å². The van der Waals surface area contributed by atoms with Crippen molar-refractivity contribution in [1.82, 2.24) is 16.0 Å². The standard InChI is InChI=1S/C37H45N4O8PS.BrH/c1-3-48-35(44)26-38-36(45)32(27-51-41-47)40-34(43)24-23-31(37(46)49-4-2)39-33(42)22-14-15-25-50(28-16-8-5-9-17-28,29-18-10-6-11-19-29)30-20-12-7-13-21-30;/h5-13,16-21,31-32H,3-4,14-15,22-27H2,1-2H3,(H2-,38,39,40,42,43,45);1H/t31-,32-;/m0./s1. The summed E-state index contributed by atoms with van der Waals surface area (Å²) in [6.45, 7) is 3.07. The van der Waals surface area contributed by atoms with Crippen molar-refractivity contribution < 1.29 is 50.4 Å². The van der Waals surface area contributed by atoms with Crippen LogP contribution in [-0.2, 0) is 33.4 Å². The molecule has 0 aromatic heterocycles. The third-order valence-corrected chi connectivity index (χ3v) is 13.1. The highest BCUT2D eigenvalue weighted by Crippen LogP contribution is 2.55. The van der Waals surface area contributed by atoms with Crippen LogP contribution in [-0.4, -0.2) is 73.4 Å². The Bertz CT molecular complexity index is 1480. The zero-order valence-electron chi connectivity index (χ0n) is 29.3. The van der Waals surface area contributed by atoms with E-state index in [9.17, 15) is 28.9 Å². The van der Waals surface area contributed by atoms with Crippen LogP contribution in [0.4, 0.5) is 0 Å². The minimum absolute atomic E-state index is 0. The largest absolute Gasteiger partial charge is 1.00 e. The van der Waals surface area contributed by atoms with E-state index in [4.69, 9.17) is 9.47 Å². The number of nitrogens with zero attached hydrogens (tertiary/aromatic N) is 1. The van der Waals surface area contributed by atoms with Crippen molar-refractivity contribution in [2.75, 3.05) is 31.7 Å². The van der Waals surface area contributed by atoms with Crippen molar-refractivity contribution in [1.29, 1.82) is 0 Å². The number of amides is 3. The Morgan fingerprint density at radius 1 is 0.712 bits per heavy atom. The molecule has 15 heteroatoms. The average molecular weight is 818 g/mol. The Kier molecular flexibility index (Phi) is 20.5. The predicted molar refractivity (Wildman–Crippen MR) is 201 cm³/mol. The maximum absolute atomic E-state index is 13.2. The Hall–Kier alpha value is -4.13. The van der Waals surface area contributed by atoms with Gasteiger partial charge in [0.15, 0.2) is 0 Å². The van der Waals surface area contributed by atoms with E-state index >= 15 is 0 Å². The van der Waals surface area contributed by atoms with E-state index in [1.807, 2.05) is 18.2 Å². The number of benzene rings is 3. The van der Waals surface area contributed by atoms with E-state index in [0.29, 0.717) is 18.4 Å². The number of rotatable bonds is 22. The quantitative estimate of drug-likeness (QED) is 0.0432. The van der Waals surface area contributed by atoms with Gasteiger partial charge in [0.05, 0.1) is 19.4 Å². The Morgan fingerprint density at radius 2 is 1.21 bits per heavy atom. The van der Waals surface area contributed by atoms with Gasteiger partial charge in [0.25, 0.3) is 0 Å². The predicted octanol–water partition coefficient (Wildman–Crippen LogP) is 0.562. The Morgan fingerprint density at radius 3 is 1.71 bits per heavy atom. The van der Waals surface area contributed by atoms with Gasteiger partial charge in [-0.25, -0.2) is 4.79 Å². The molecule has 0 saturated heterocycles. The van der Waals surface area contributed by atoms with Crippen molar-refractivity contribution >= 4 is 64.8 Å². The minimum Gasteiger partial charge on any atom is -1.00 e. The fourth-order valence-electron chi connectivity index (χ4n) is 5.60. The van der Waals surface area contributed by atoms with Gasteiger partial charge in [0.1, 0.15) is 41.8 Å². The molecule has 0 spiro atoms. The second-order valence-electron chi connectivity index (χ2n) is 11.4. The average Bonchev–Trinajstić information content (AvgIpc) is 3.15. The van der Waals surface area contributed by atoms with Crippen LogP contribution in [0.5, 0.6) is 0 Å². The van der Waals surface area contributed by atoms with Gasteiger partial charge in [0.2, 0.25) is 17.7 Å². The van der Waals surface area contributed by atoms with Gasteiger partial charge in [-0.3, -0.25) is 19.2 Å². The lowest BCUT2D eigenvalue weighted by Crippen LogP contribution is -3.00. The molecule has 3 aromatic carbocycles. The van der Waals surface area contributed by atoms with Gasteiger partial charge < -0.3 is 42.4 Å². The summed E-state index contributed by atoms with van der Waals surface area (Å²) in [5, 5.41) is 11.4. The van der Waals surface area contributed by atoms with Crippen molar-refractivity contribution in [2.45, 2.75) is 58.0 Å². The molecule has 2 atom stereocenters. The summed E-state index contributed by atoms with van der Waals surface area (Å²) in [7, 11) is -2.05. The Labute approximate surface area is 320 Å². The third kappa shape index (κ3) is 13.8. The molecule has 0 fully saturated rings. The van der Waals surface area contributed by atoms with Crippen molar-refractivity contribution in [3.63, 3.8) is 0 Å². The van der Waals surface area contributed by atoms with Crippen LogP contribution >= 0.6 is 19.2 Å². The maximum Gasteiger partial charge on any atom is 0.328 e. The van der Waals surface area contributed by atoms with E-state index < -0.39 is 49.6 Å². The molecule has 3 rings (SSSR count). The van der Waals surface area contributed by atoms with Crippen molar-refractivity contribution in [3.8, 4) is 0 Å². The maximum atomic E-state index is 13.2. The second-order valence-corrected chi connectivity index (χ2v) is 15.8. The van der Waals surface area contributed by atoms with Crippen LogP contribution in [0.25, 0.3) is 0 Å². The van der Waals surface area contributed by atoms with Gasteiger partial charge in [-0.1, -0.05) is 54.6 Å². The van der Waals surface area contributed by atoms with E-state index in [-0.39, 0.29) is 61.1 Å². The lowest BCUT2D eigenvalue weighted by atomic mass is 10.1. The van der Waals surface area contributed by atoms with Crippen molar-refractivity contribution in [3.05, 3.63) is 95.9 Å². The van der Waals surface area contributed by atoms with Gasteiger partial charge >= 0.3 is 11.9 Å². The number of hydrogen-bond donors (Lipinski definition) is 3. The summed E-state index contributed by atoms with van der Waals surface area (Å²) < 4.78 is 12.6. The highest BCUT2D eigenvalue weighted by Gasteiger charge is 2.44. The third-order valence-electron chi connectivity index (χ3n) is 7.96. The summed E-state index contributed by atoms with van der Waals surface area (Å²) in [5.74, 6) is -3.17. The summed E-state index contributed by atoms with van der Waals surface area (Å²) in [6, 6.07) is 29.2. The van der Waals surface area contributed by atoms with E-state index in [2.05, 4.69) is 93.3 Å². The fraction of sp³-hybridized carbons (Fsp3) is 0.378. The molecular formula is C37H46BrN4O8PS. The molecule has 0 aliphatic heterocycles. The fourth-order valence-corrected chi connectivity index (χ4v) is 10.5. The van der Waals surface area contributed by atoms with Crippen molar-refractivity contribution in [2.24, 2.45) is 4.58 Å². The summed E-state index contributed by atoms with van der Waals surface area (Å²) >= 11 is 0.531. The SMILES string of the molecule is CCOC(=O)CNC(=O)[C@H](CSN=O)NC(=O)CC[C@H](NC(=O)CCCC[P+](c1ccccc1)(c1ccccc1)c1ccccc1)C(=O)OCC.[Br-]. The summed E-state index contributed by atoms with van der Waals surface area (Å²) in [5.41, 5.74) is 0. The van der Waals surface area contributed by atoms with Crippen LogP contribution in [0.2, 0.25) is 0 Å². The molecule has 12 nitrogen and oxygen atoms in total. The van der Waals surface area contributed by atoms with Crippen LogP contribution in [0, 0.1) is 4.91 Å². The topological polar surface area (TPSA) is 169 Å². The molecule has 0 aliphatic carbocycles. The molecule has 0 unspecified atom stereocenters. The lowest BCUT2D eigenvalue weighted by molar-refractivity contribution is -0.147. The number of carbonyl (C=O) groups excluding carboxylic acids is 5. The molecule has 3 amide bonds. The normalized spacial score (nSPS) is 11.9. The van der Waals surface area contributed by atoms with Gasteiger partial charge in [-0.2, -0.15) is 0 Å². The molecule has 3 aromatic rings. The van der Waals surface area contributed by atoms with Crippen LogP contribution in [0.3, 0.4) is 0 Å². The van der Waals surface area contributed by atoms with E-state index in [1.54, 1.807) is 13.8 Å². The van der Waals surface area contributed by atoms with Gasteiger partial charge in [-0.05, 0) is 69.5 Å². The number of carbonyl (C=O) groups is 5. The molecule has 0 saturated carbocycles. The van der Waals surface area contributed by atoms with Crippen LogP contribution in [0.15, 0.2) is 95.6 Å². The first-order chi connectivity index (χ1) is 24.7. The number of hydrogen-bond acceptors (Lipinski definition) is 10. The number of nitrogens with one attached hydrogen (secondary N) is 3. The van der Waals surface area contributed by atoms with Gasteiger partial charge in [0, 0.05) is 35.1 Å². The molecule has 3 N–H and O–H groups in total. The monoisotopic (exact) mass is 816 g/mol. The molecule has 0 heterocycles. The minimum atomic E-state index is -2.05. The highest BCUT2D eigenvalue weighted by molar-refractivity contribution is 7.98. The second kappa shape index (κ2) is 24.2. The Balaban J connectivity index is 0.00000936. The smallest absolute Gasteiger partial charge is 0.328 e. The first-order valence-electron chi connectivity index (χ1n) is 16.9. The number of esters is 2. The lowest BCUT2D eigenvalue weighted by Gasteiger charge is -2.27. The molecule has 0 aliphatic rings. The number of ether oxygens (including phenoxy) is 2. The molecule has 0 bridgehead atoms. The molecule has 280 valence electrons. The highest BCUT2D eigenvalue weighted by atomic mass is 79.9. The zero-order valence-corrected chi connectivity index (χ0v) is 32.6. The first-order valence-corrected chi connectivity index (χ1v) is 19.8. The molecular weight excluding hydrogens is 771 g/mol. The van der Waals surface area contributed by atoms with Gasteiger partial charge in [-0.15, -0.1) is 4.91 Å². The number of halogens is 1. The number of unbranched alkanes of at least 4 members (excludes halogenated alkanes) is 1.